The summed E-state index contributed by atoms with van der Waals surface area (Å²) in [6.07, 6.45) is 0.498. The Labute approximate surface area is 153 Å². The van der Waals surface area contributed by atoms with Gasteiger partial charge in [-0.1, -0.05) is 32.0 Å². The van der Waals surface area contributed by atoms with Gasteiger partial charge in [0.05, 0.1) is 5.75 Å². The van der Waals surface area contributed by atoms with Crippen molar-refractivity contribution in [2.24, 2.45) is 5.92 Å². The van der Waals surface area contributed by atoms with Crippen LogP contribution in [0.5, 0.6) is 0 Å². The van der Waals surface area contributed by atoms with E-state index in [2.05, 4.69) is 0 Å². The SMILES string of the molecule is CC(C)CC(=O)N(CCN1C(=O)CS[C@@H]1c1ccccc1F)C(C)C. The predicted octanol–water partition coefficient (Wildman–Crippen LogP) is 3.68. The first-order valence-corrected chi connectivity index (χ1v) is 9.81. The van der Waals surface area contributed by atoms with Gasteiger partial charge in [-0.3, -0.25) is 9.59 Å². The van der Waals surface area contributed by atoms with Crippen molar-refractivity contribution in [3.8, 4) is 0 Å². The Morgan fingerprint density at radius 3 is 2.60 bits per heavy atom. The Hall–Kier alpha value is -1.56. The molecule has 0 N–H and O–H groups in total. The molecule has 1 heterocycles. The lowest BCUT2D eigenvalue weighted by atomic mass is 10.1. The number of thioether (sulfide) groups is 1. The number of benzene rings is 1. The van der Waals surface area contributed by atoms with Gasteiger partial charge in [-0.15, -0.1) is 11.8 Å². The summed E-state index contributed by atoms with van der Waals surface area (Å²) in [7, 11) is 0. The van der Waals surface area contributed by atoms with Gasteiger partial charge in [-0.2, -0.15) is 0 Å². The minimum absolute atomic E-state index is 0.00160. The van der Waals surface area contributed by atoms with Crippen LogP contribution in [0.4, 0.5) is 4.39 Å². The number of amides is 2. The molecule has 1 atom stereocenters. The van der Waals surface area contributed by atoms with E-state index < -0.39 is 0 Å². The van der Waals surface area contributed by atoms with Gasteiger partial charge in [0, 0.05) is 31.1 Å². The van der Waals surface area contributed by atoms with Crippen LogP contribution in [0, 0.1) is 11.7 Å². The van der Waals surface area contributed by atoms with Gasteiger partial charge < -0.3 is 9.80 Å². The summed E-state index contributed by atoms with van der Waals surface area (Å²) in [6.45, 7) is 8.89. The molecular weight excluding hydrogens is 339 g/mol. The number of hydrogen-bond acceptors (Lipinski definition) is 3. The first kappa shape index (κ1) is 19.8. The molecule has 0 spiro atoms. The third-order valence-electron chi connectivity index (χ3n) is 4.25. The fourth-order valence-electron chi connectivity index (χ4n) is 2.98. The van der Waals surface area contributed by atoms with Crippen molar-refractivity contribution >= 4 is 23.6 Å². The van der Waals surface area contributed by atoms with Crippen molar-refractivity contribution in [3.05, 3.63) is 35.6 Å². The summed E-state index contributed by atoms with van der Waals surface area (Å²) >= 11 is 1.44. The minimum atomic E-state index is -0.317. The molecule has 6 heteroatoms. The second-order valence-electron chi connectivity index (χ2n) is 7.05. The molecule has 1 fully saturated rings. The van der Waals surface area contributed by atoms with Crippen molar-refractivity contribution in [2.75, 3.05) is 18.8 Å². The van der Waals surface area contributed by atoms with Crippen LogP contribution >= 0.6 is 11.8 Å². The molecule has 1 aliphatic rings. The maximum absolute atomic E-state index is 14.1. The third kappa shape index (κ3) is 4.97. The quantitative estimate of drug-likeness (QED) is 0.739. The molecule has 4 nitrogen and oxygen atoms in total. The monoisotopic (exact) mass is 366 g/mol. The first-order chi connectivity index (χ1) is 11.8. The van der Waals surface area contributed by atoms with E-state index in [0.717, 1.165) is 0 Å². The van der Waals surface area contributed by atoms with E-state index in [1.165, 1.54) is 17.8 Å². The zero-order valence-electron chi connectivity index (χ0n) is 15.4. The summed E-state index contributed by atoms with van der Waals surface area (Å²) in [5.41, 5.74) is 0.531. The topological polar surface area (TPSA) is 40.6 Å². The summed E-state index contributed by atoms with van der Waals surface area (Å²) < 4.78 is 14.1. The standard InChI is InChI=1S/C19H27FN2O2S/c1-13(2)11-17(23)21(14(3)4)9-10-22-18(24)12-25-19(22)15-7-5-6-8-16(15)20/h5-8,13-14,19H,9-12H2,1-4H3/t19-/m1/s1. The molecule has 1 aromatic carbocycles. The van der Waals surface area contributed by atoms with Crippen LogP contribution in [-0.4, -0.2) is 46.5 Å². The molecule has 0 bridgehead atoms. The number of carbonyl (C=O) groups is 2. The van der Waals surface area contributed by atoms with Crippen molar-refractivity contribution in [3.63, 3.8) is 0 Å². The van der Waals surface area contributed by atoms with Crippen LogP contribution in [0.15, 0.2) is 24.3 Å². The molecule has 1 aliphatic heterocycles. The third-order valence-corrected chi connectivity index (χ3v) is 5.49. The Balaban J connectivity index is 2.09. The van der Waals surface area contributed by atoms with E-state index in [-0.39, 0.29) is 29.0 Å². The van der Waals surface area contributed by atoms with Crippen LogP contribution in [-0.2, 0) is 9.59 Å². The zero-order valence-corrected chi connectivity index (χ0v) is 16.2. The molecular formula is C19H27FN2O2S. The summed E-state index contributed by atoms with van der Waals surface area (Å²) in [5.74, 6) is 0.450. The molecule has 25 heavy (non-hydrogen) atoms. The average molecular weight is 367 g/mol. The lowest BCUT2D eigenvalue weighted by molar-refractivity contribution is -0.136. The largest absolute Gasteiger partial charge is 0.338 e. The fourth-order valence-corrected chi connectivity index (χ4v) is 4.22. The van der Waals surface area contributed by atoms with Crippen molar-refractivity contribution < 1.29 is 14.0 Å². The highest BCUT2D eigenvalue weighted by Gasteiger charge is 2.34. The van der Waals surface area contributed by atoms with Gasteiger partial charge in [0.15, 0.2) is 0 Å². The smallest absolute Gasteiger partial charge is 0.233 e. The molecule has 138 valence electrons. The number of rotatable bonds is 7. The van der Waals surface area contributed by atoms with Gasteiger partial charge in [0.1, 0.15) is 11.2 Å². The Morgan fingerprint density at radius 2 is 2.00 bits per heavy atom. The van der Waals surface area contributed by atoms with Gasteiger partial charge in [0.25, 0.3) is 0 Å². The van der Waals surface area contributed by atoms with E-state index in [9.17, 15) is 14.0 Å². The lowest BCUT2D eigenvalue weighted by Crippen LogP contribution is -2.43. The molecule has 0 radical (unpaired) electrons. The predicted molar refractivity (Wildman–Crippen MR) is 99.6 cm³/mol. The molecule has 0 aromatic heterocycles. The molecule has 1 saturated heterocycles. The van der Waals surface area contributed by atoms with Gasteiger partial charge in [-0.25, -0.2) is 4.39 Å². The fraction of sp³-hybridized carbons (Fsp3) is 0.579. The number of halogens is 1. The number of hydrogen-bond donors (Lipinski definition) is 0. The second kappa shape index (κ2) is 8.70. The summed E-state index contributed by atoms with van der Waals surface area (Å²) in [4.78, 5) is 28.2. The van der Waals surface area contributed by atoms with E-state index >= 15 is 0 Å². The summed E-state index contributed by atoms with van der Waals surface area (Å²) in [5, 5.41) is -0.317. The molecule has 2 amide bonds. The number of carbonyl (C=O) groups excluding carboxylic acids is 2. The summed E-state index contributed by atoms with van der Waals surface area (Å²) in [6, 6.07) is 6.65. The van der Waals surface area contributed by atoms with E-state index in [4.69, 9.17) is 0 Å². The first-order valence-electron chi connectivity index (χ1n) is 8.76. The maximum atomic E-state index is 14.1. The molecule has 1 aromatic rings. The highest BCUT2D eigenvalue weighted by Crippen LogP contribution is 2.39. The Bertz CT molecular complexity index is 621. The highest BCUT2D eigenvalue weighted by atomic mass is 32.2. The van der Waals surface area contributed by atoms with Crippen molar-refractivity contribution in [1.82, 2.24) is 9.80 Å². The van der Waals surface area contributed by atoms with Crippen molar-refractivity contribution in [2.45, 2.75) is 45.5 Å². The van der Waals surface area contributed by atoms with Crippen molar-refractivity contribution in [1.29, 1.82) is 0 Å². The van der Waals surface area contributed by atoms with Crippen LogP contribution in [0.25, 0.3) is 0 Å². The van der Waals surface area contributed by atoms with Crippen LogP contribution in [0.3, 0.4) is 0 Å². The van der Waals surface area contributed by atoms with Gasteiger partial charge >= 0.3 is 0 Å². The zero-order chi connectivity index (χ0) is 18.6. The Morgan fingerprint density at radius 1 is 1.32 bits per heavy atom. The lowest BCUT2D eigenvalue weighted by Gasteiger charge is -2.31. The van der Waals surface area contributed by atoms with Gasteiger partial charge in [-0.05, 0) is 25.8 Å². The van der Waals surface area contributed by atoms with Crippen LogP contribution < -0.4 is 0 Å². The van der Waals surface area contributed by atoms with Gasteiger partial charge in [0.2, 0.25) is 11.8 Å². The molecule has 0 aliphatic carbocycles. The highest BCUT2D eigenvalue weighted by molar-refractivity contribution is 8.00. The van der Waals surface area contributed by atoms with E-state index in [1.807, 2.05) is 32.6 Å². The molecule has 2 rings (SSSR count). The Kier molecular flexibility index (Phi) is 6.87. The van der Waals surface area contributed by atoms with E-state index in [0.29, 0.717) is 36.7 Å². The van der Waals surface area contributed by atoms with Crippen LogP contribution in [0.2, 0.25) is 0 Å². The molecule has 0 unspecified atom stereocenters. The normalized spacial score (nSPS) is 17.6. The van der Waals surface area contributed by atoms with Crippen LogP contribution in [0.1, 0.15) is 45.1 Å². The second-order valence-corrected chi connectivity index (χ2v) is 8.12. The van der Waals surface area contributed by atoms with E-state index in [1.54, 1.807) is 23.1 Å². The minimum Gasteiger partial charge on any atom is -0.338 e. The number of nitrogens with zero attached hydrogens (tertiary/aromatic N) is 2. The molecule has 0 saturated carbocycles. The maximum Gasteiger partial charge on any atom is 0.233 e. The average Bonchev–Trinajstić information content (AvgIpc) is 2.88.